The molecule has 0 saturated carbocycles. The van der Waals surface area contributed by atoms with Gasteiger partial charge in [-0.2, -0.15) is 0 Å². The fourth-order valence-electron chi connectivity index (χ4n) is 0.644. The molecule has 3 heteroatoms. The van der Waals surface area contributed by atoms with Crippen molar-refractivity contribution in [2.45, 2.75) is 0 Å². The first-order valence-corrected chi connectivity index (χ1v) is 2.62. The lowest BCUT2D eigenvalue weighted by atomic mass is 10.5. The van der Waals surface area contributed by atoms with Crippen molar-refractivity contribution in [1.82, 2.24) is 9.80 Å². The van der Waals surface area contributed by atoms with Crippen molar-refractivity contribution < 1.29 is 4.79 Å². The van der Waals surface area contributed by atoms with Gasteiger partial charge < -0.3 is 0 Å². The minimum absolute atomic E-state index is 0.0556. The predicted molar refractivity (Wildman–Crippen MR) is 34.3 cm³/mol. The summed E-state index contributed by atoms with van der Waals surface area (Å²) in [5, 5.41) is 0. The number of urea groups is 1. The van der Waals surface area contributed by atoms with E-state index in [1.807, 2.05) is 0 Å². The van der Waals surface area contributed by atoms with Gasteiger partial charge in [-0.3, -0.25) is 9.80 Å². The Bertz CT molecular complexity index is 148. The first kappa shape index (κ1) is 5.88. The molecule has 3 nitrogen and oxygen atoms in total. The number of carbonyl (C=O) groups is 1. The van der Waals surface area contributed by atoms with Crippen molar-refractivity contribution in [2.24, 2.45) is 0 Å². The molecule has 0 aromatic rings. The molecule has 0 atom stereocenters. The van der Waals surface area contributed by atoms with Crippen molar-refractivity contribution in [3.8, 4) is 0 Å². The van der Waals surface area contributed by atoms with E-state index in [4.69, 9.17) is 0 Å². The van der Waals surface area contributed by atoms with E-state index in [0.717, 1.165) is 0 Å². The van der Waals surface area contributed by atoms with Crippen LogP contribution in [-0.4, -0.2) is 22.5 Å². The SMILES string of the molecule is C=CN1CN(C=C)C1=O. The highest BCUT2D eigenvalue weighted by Gasteiger charge is 2.28. The molecule has 0 N–H and O–H groups in total. The van der Waals surface area contributed by atoms with Crippen molar-refractivity contribution in [3.63, 3.8) is 0 Å². The third kappa shape index (κ3) is 0.700. The number of nitrogens with zero attached hydrogens (tertiary/aromatic N) is 2. The average Bonchev–Trinajstić information content (AvgIpc) is 1.87. The zero-order valence-corrected chi connectivity index (χ0v) is 5.08. The minimum Gasteiger partial charge on any atom is -0.282 e. The van der Waals surface area contributed by atoms with Gasteiger partial charge >= 0.3 is 6.03 Å². The smallest absolute Gasteiger partial charge is 0.282 e. The van der Waals surface area contributed by atoms with E-state index in [1.165, 1.54) is 22.2 Å². The summed E-state index contributed by atoms with van der Waals surface area (Å²) >= 11 is 0. The summed E-state index contributed by atoms with van der Waals surface area (Å²) in [6.07, 6.45) is 3.00. The third-order valence-corrected chi connectivity index (χ3v) is 1.24. The molecule has 1 aliphatic heterocycles. The Hall–Kier alpha value is -1.25. The lowest BCUT2D eigenvalue weighted by molar-refractivity contribution is 0.118. The number of carbonyl (C=O) groups excluding carboxylic acids is 1. The van der Waals surface area contributed by atoms with E-state index >= 15 is 0 Å². The summed E-state index contributed by atoms with van der Waals surface area (Å²) in [7, 11) is 0. The van der Waals surface area contributed by atoms with Crippen molar-refractivity contribution in [2.75, 3.05) is 6.67 Å². The van der Waals surface area contributed by atoms with Crippen LogP contribution in [0.3, 0.4) is 0 Å². The van der Waals surface area contributed by atoms with Gasteiger partial charge in [-0.1, -0.05) is 13.2 Å². The van der Waals surface area contributed by atoms with Gasteiger partial charge in [-0.15, -0.1) is 0 Å². The van der Waals surface area contributed by atoms with Crippen LogP contribution in [0.15, 0.2) is 25.6 Å². The van der Waals surface area contributed by atoms with Crippen LogP contribution in [0.25, 0.3) is 0 Å². The van der Waals surface area contributed by atoms with Crippen LogP contribution < -0.4 is 0 Å². The van der Waals surface area contributed by atoms with E-state index in [-0.39, 0.29) is 6.03 Å². The molecule has 1 rings (SSSR count). The van der Waals surface area contributed by atoms with E-state index in [0.29, 0.717) is 6.67 Å². The highest BCUT2D eigenvalue weighted by atomic mass is 16.2. The molecule has 0 spiro atoms. The normalized spacial score (nSPS) is 17.1. The van der Waals surface area contributed by atoms with Crippen LogP contribution in [-0.2, 0) is 0 Å². The Balaban J connectivity index is 2.50. The molecule has 0 aliphatic carbocycles. The summed E-state index contributed by atoms with van der Waals surface area (Å²) in [6.45, 7) is 7.48. The summed E-state index contributed by atoms with van der Waals surface area (Å²) in [4.78, 5) is 13.7. The number of hydrogen-bond donors (Lipinski definition) is 0. The van der Waals surface area contributed by atoms with Gasteiger partial charge in [0.2, 0.25) is 0 Å². The monoisotopic (exact) mass is 124 g/mol. The number of rotatable bonds is 2. The van der Waals surface area contributed by atoms with Gasteiger partial charge in [0, 0.05) is 12.4 Å². The maximum Gasteiger partial charge on any atom is 0.330 e. The summed E-state index contributed by atoms with van der Waals surface area (Å²) in [5.41, 5.74) is 0. The Morgan fingerprint density at radius 2 is 1.78 bits per heavy atom. The molecule has 1 aliphatic rings. The van der Waals surface area contributed by atoms with Crippen molar-refractivity contribution in [3.05, 3.63) is 25.6 Å². The van der Waals surface area contributed by atoms with E-state index < -0.39 is 0 Å². The molecule has 0 radical (unpaired) electrons. The second-order valence-electron chi connectivity index (χ2n) is 1.73. The van der Waals surface area contributed by atoms with E-state index in [2.05, 4.69) is 13.2 Å². The van der Waals surface area contributed by atoms with Gasteiger partial charge in [0.25, 0.3) is 0 Å². The second-order valence-corrected chi connectivity index (χ2v) is 1.73. The molecule has 48 valence electrons. The van der Waals surface area contributed by atoms with Gasteiger partial charge in [-0.25, -0.2) is 4.79 Å². The average molecular weight is 124 g/mol. The molecule has 1 saturated heterocycles. The first-order valence-electron chi connectivity index (χ1n) is 2.62. The Kier molecular flexibility index (Phi) is 1.26. The molecule has 1 heterocycles. The zero-order valence-electron chi connectivity index (χ0n) is 5.08. The fraction of sp³-hybridized carbons (Fsp3) is 0.167. The highest BCUT2D eigenvalue weighted by Crippen LogP contribution is 2.11. The van der Waals surface area contributed by atoms with Crippen LogP contribution in [0.2, 0.25) is 0 Å². The van der Waals surface area contributed by atoms with Crippen LogP contribution in [0, 0.1) is 0 Å². The molecule has 1 fully saturated rings. The molecular formula is C6H8N2O. The fourth-order valence-corrected chi connectivity index (χ4v) is 0.644. The van der Waals surface area contributed by atoms with Crippen LogP contribution >= 0.6 is 0 Å². The van der Waals surface area contributed by atoms with Crippen LogP contribution in [0.1, 0.15) is 0 Å². The topological polar surface area (TPSA) is 23.6 Å². The largest absolute Gasteiger partial charge is 0.330 e. The number of amides is 2. The molecule has 2 amide bonds. The van der Waals surface area contributed by atoms with Crippen LogP contribution in [0.5, 0.6) is 0 Å². The molecule has 9 heavy (non-hydrogen) atoms. The third-order valence-electron chi connectivity index (χ3n) is 1.24. The summed E-state index contributed by atoms with van der Waals surface area (Å²) < 4.78 is 0. The van der Waals surface area contributed by atoms with Crippen LogP contribution in [0.4, 0.5) is 4.79 Å². The Labute approximate surface area is 53.9 Å². The lowest BCUT2D eigenvalue weighted by Gasteiger charge is -2.37. The van der Waals surface area contributed by atoms with E-state index in [9.17, 15) is 4.79 Å². The molecule has 0 unspecified atom stereocenters. The first-order chi connectivity index (χ1) is 4.29. The van der Waals surface area contributed by atoms with Crippen molar-refractivity contribution >= 4 is 6.03 Å². The Morgan fingerprint density at radius 3 is 2.00 bits per heavy atom. The predicted octanol–water partition coefficient (Wildman–Crippen LogP) is 0.969. The van der Waals surface area contributed by atoms with Gasteiger partial charge in [-0.05, 0) is 0 Å². The van der Waals surface area contributed by atoms with Crippen molar-refractivity contribution in [1.29, 1.82) is 0 Å². The molecule has 0 bridgehead atoms. The molecule has 0 aromatic heterocycles. The summed E-state index contributed by atoms with van der Waals surface area (Å²) in [6, 6.07) is -0.0556. The maximum absolute atomic E-state index is 10.7. The van der Waals surface area contributed by atoms with Gasteiger partial charge in [0.1, 0.15) is 6.67 Å². The van der Waals surface area contributed by atoms with Gasteiger partial charge in [0.05, 0.1) is 0 Å². The molecule has 0 aromatic carbocycles. The summed E-state index contributed by atoms with van der Waals surface area (Å²) in [5.74, 6) is 0. The zero-order chi connectivity index (χ0) is 6.85. The standard InChI is InChI=1S/C6H8N2O/c1-3-7-5-8(4-2)6(7)9/h3-4H,1-2,5H2. The lowest BCUT2D eigenvalue weighted by Crippen LogP contribution is -2.53. The molecular weight excluding hydrogens is 116 g/mol. The Morgan fingerprint density at radius 1 is 1.33 bits per heavy atom. The highest BCUT2D eigenvalue weighted by molar-refractivity contribution is 5.81. The van der Waals surface area contributed by atoms with Gasteiger partial charge in [0.15, 0.2) is 0 Å². The quantitative estimate of drug-likeness (QED) is 0.538. The minimum atomic E-state index is -0.0556. The number of hydrogen-bond acceptors (Lipinski definition) is 1. The van der Waals surface area contributed by atoms with E-state index in [1.54, 1.807) is 0 Å². The second kappa shape index (κ2) is 1.93. The maximum atomic E-state index is 10.7.